The summed E-state index contributed by atoms with van der Waals surface area (Å²) >= 11 is 7.43. The Bertz CT molecular complexity index is 421. The van der Waals surface area contributed by atoms with Gasteiger partial charge in [0.05, 0.1) is 10.3 Å². The molecule has 3 nitrogen and oxygen atoms in total. The molecule has 0 bridgehead atoms. The molecule has 0 radical (unpaired) electrons. The van der Waals surface area contributed by atoms with Crippen molar-refractivity contribution in [3.63, 3.8) is 0 Å². The number of carbonyl (C=O) groups excluding carboxylic acids is 1. The largest absolute Gasteiger partial charge is 0.352 e. The van der Waals surface area contributed by atoms with Gasteiger partial charge in [0.25, 0.3) is 0 Å². The van der Waals surface area contributed by atoms with Crippen LogP contribution in [0.15, 0.2) is 23.4 Å². The van der Waals surface area contributed by atoms with Crippen LogP contribution in [0, 0.1) is 0 Å². The third kappa shape index (κ3) is 3.62. The number of hydrogen-bond acceptors (Lipinski definition) is 3. The van der Waals surface area contributed by atoms with E-state index >= 15 is 0 Å². The van der Waals surface area contributed by atoms with Gasteiger partial charge in [-0.25, -0.2) is 4.98 Å². The summed E-state index contributed by atoms with van der Waals surface area (Å²) in [6, 6.07) is 3.94. The Kier molecular flexibility index (Phi) is 4.89. The lowest BCUT2D eigenvalue weighted by molar-refractivity contribution is -0.120. The first-order valence-corrected chi connectivity index (χ1v) is 7.50. The summed E-state index contributed by atoms with van der Waals surface area (Å²) in [6.45, 7) is 1.89. The van der Waals surface area contributed by atoms with Gasteiger partial charge >= 0.3 is 0 Å². The molecule has 98 valence electrons. The molecule has 0 aliphatic heterocycles. The van der Waals surface area contributed by atoms with Crippen molar-refractivity contribution in [1.29, 1.82) is 0 Å². The van der Waals surface area contributed by atoms with Crippen LogP contribution in [0.5, 0.6) is 0 Å². The molecule has 1 aliphatic carbocycles. The molecule has 1 aliphatic rings. The van der Waals surface area contributed by atoms with Crippen molar-refractivity contribution in [3.05, 3.63) is 23.4 Å². The summed E-state index contributed by atoms with van der Waals surface area (Å²) in [5.41, 5.74) is 0. The smallest absolute Gasteiger partial charge is 0.233 e. The molecule has 0 spiro atoms. The van der Waals surface area contributed by atoms with Crippen molar-refractivity contribution < 1.29 is 4.79 Å². The monoisotopic (exact) mass is 284 g/mol. The second-order valence-corrected chi connectivity index (χ2v) is 6.28. The number of thioether (sulfide) groups is 1. The predicted molar refractivity (Wildman–Crippen MR) is 75.0 cm³/mol. The summed E-state index contributed by atoms with van der Waals surface area (Å²) in [6.07, 6.45) is 6.34. The minimum absolute atomic E-state index is 0.0774. The molecule has 1 amide bonds. The first kappa shape index (κ1) is 13.7. The van der Waals surface area contributed by atoms with E-state index in [1.165, 1.54) is 24.6 Å². The zero-order valence-electron chi connectivity index (χ0n) is 10.4. The summed E-state index contributed by atoms with van der Waals surface area (Å²) in [5.74, 6) is 0.0774. The van der Waals surface area contributed by atoms with E-state index in [0.717, 1.165) is 12.8 Å². The van der Waals surface area contributed by atoms with Gasteiger partial charge < -0.3 is 5.32 Å². The van der Waals surface area contributed by atoms with E-state index < -0.39 is 0 Å². The van der Waals surface area contributed by atoms with Gasteiger partial charge in [0.15, 0.2) is 0 Å². The van der Waals surface area contributed by atoms with Crippen LogP contribution in [-0.4, -0.2) is 22.2 Å². The van der Waals surface area contributed by atoms with Crippen LogP contribution < -0.4 is 5.32 Å². The van der Waals surface area contributed by atoms with Gasteiger partial charge in [0.1, 0.15) is 5.03 Å². The van der Waals surface area contributed by atoms with Crippen LogP contribution >= 0.6 is 23.4 Å². The number of halogens is 1. The first-order chi connectivity index (χ1) is 8.66. The molecule has 0 unspecified atom stereocenters. The zero-order valence-corrected chi connectivity index (χ0v) is 11.9. The minimum atomic E-state index is -0.169. The van der Waals surface area contributed by atoms with E-state index in [2.05, 4.69) is 10.3 Å². The van der Waals surface area contributed by atoms with Crippen LogP contribution in [0.3, 0.4) is 0 Å². The molecule has 1 aromatic heterocycles. The molecule has 5 heteroatoms. The Hall–Kier alpha value is -0.740. The van der Waals surface area contributed by atoms with Crippen LogP contribution in [0.2, 0.25) is 5.02 Å². The van der Waals surface area contributed by atoms with Crippen molar-refractivity contribution in [1.82, 2.24) is 10.3 Å². The van der Waals surface area contributed by atoms with Gasteiger partial charge in [0.2, 0.25) is 5.91 Å². The lowest BCUT2D eigenvalue weighted by Crippen LogP contribution is -2.37. The van der Waals surface area contributed by atoms with E-state index in [9.17, 15) is 4.79 Å². The lowest BCUT2D eigenvalue weighted by Gasteiger charge is -2.16. The molecule has 0 saturated heterocycles. The highest BCUT2D eigenvalue weighted by Crippen LogP contribution is 2.28. The molecule has 1 saturated carbocycles. The summed E-state index contributed by atoms with van der Waals surface area (Å²) in [7, 11) is 0. The fraction of sp³-hybridized carbons (Fsp3) is 0.538. The second kappa shape index (κ2) is 6.43. The highest BCUT2D eigenvalue weighted by Gasteiger charge is 2.22. The minimum Gasteiger partial charge on any atom is -0.352 e. The maximum absolute atomic E-state index is 12.0. The van der Waals surface area contributed by atoms with Crippen molar-refractivity contribution >= 4 is 29.3 Å². The highest BCUT2D eigenvalue weighted by atomic mass is 35.5. The van der Waals surface area contributed by atoms with Crippen molar-refractivity contribution in [3.8, 4) is 0 Å². The molecule has 0 aromatic carbocycles. The number of amides is 1. The van der Waals surface area contributed by atoms with E-state index in [4.69, 9.17) is 11.6 Å². The predicted octanol–water partition coefficient (Wildman–Crippen LogP) is 3.27. The van der Waals surface area contributed by atoms with E-state index in [1.807, 2.05) is 6.92 Å². The van der Waals surface area contributed by atoms with Crippen molar-refractivity contribution in [2.24, 2.45) is 0 Å². The van der Waals surface area contributed by atoms with Crippen molar-refractivity contribution in [2.45, 2.75) is 48.9 Å². The molecular weight excluding hydrogens is 268 g/mol. The third-order valence-electron chi connectivity index (χ3n) is 3.08. The average molecular weight is 285 g/mol. The Balaban J connectivity index is 1.89. The SMILES string of the molecule is C[C@@H](Sc1ncccc1Cl)C(=O)NC1CCCC1. The van der Waals surface area contributed by atoms with Gasteiger partial charge in [-0.05, 0) is 31.9 Å². The summed E-state index contributed by atoms with van der Waals surface area (Å²) in [5, 5.41) is 4.24. The third-order valence-corrected chi connectivity index (χ3v) is 4.62. The highest BCUT2D eigenvalue weighted by molar-refractivity contribution is 8.00. The standard InChI is InChI=1S/C13H17ClN2OS/c1-9(12(17)16-10-5-2-3-6-10)18-13-11(14)7-4-8-15-13/h4,7-10H,2-3,5-6H2,1H3,(H,16,17)/t9-/m1/s1. The Morgan fingerprint density at radius 3 is 2.94 bits per heavy atom. The maximum Gasteiger partial charge on any atom is 0.233 e. The van der Waals surface area contributed by atoms with Gasteiger partial charge in [-0.3, -0.25) is 4.79 Å². The molecule has 1 heterocycles. The number of carbonyl (C=O) groups is 1. The Labute approximate surface area is 117 Å². The topological polar surface area (TPSA) is 42.0 Å². The Morgan fingerprint density at radius 2 is 2.28 bits per heavy atom. The molecule has 2 rings (SSSR count). The molecule has 18 heavy (non-hydrogen) atoms. The number of hydrogen-bond donors (Lipinski definition) is 1. The zero-order chi connectivity index (χ0) is 13.0. The van der Waals surface area contributed by atoms with E-state index in [1.54, 1.807) is 18.3 Å². The van der Waals surface area contributed by atoms with Gasteiger partial charge in [-0.2, -0.15) is 0 Å². The molecule has 1 aromatic rings. The average Bonchev–Trinajstić information content (AvgIpc) is 2.84. The fourth-order valence-corrected chi connectivity index (χ4v) is 3.14. The molecular formula is C13H17ClN2OS. The van der Waals surface area contributed by atoms with Gasteiger partial charge in [-0.1, -0.05) is 36.2 Å². The van der Waals surface area contributed by atoms with Gasteiger partial charge in [0, 0.05) is 12.2 Å². The van der Waals surface area contributed by atoms with Crippen LogP contribution in [-0.2, 0) is 4.79 Å². The van der Waals surface area contributed by atoms with Crippen LogP contribution in [0.4, 0.5) is 0 Å². The number of pyridine rings is 1. The summed E-state index contributed by atoms with van der Waals surface area (Å²) < 4.78 is 0. The van der Waals surface area contributed by atoms with Crippen LogP contribution in [0.25, 0.3) is 0 Å². The van der Waals surface area contributed by atoms with E-state index in [0.29, 0.717) is 16.1 Å². The number of nitrogens with one attached hydrogen (secondary N) is 1. The quantitative estimate of drug-likeness (QED) is 0.863. The second-order valence-electron chi connectivity index (χ2n) is 4.54. The Morgan fingerprint density at radius 1 is 1.56 bits per heavy atom. The first-order valence-electron chi connectivity index (χ1n) is 6.24. The molecule has 1 N–H and O–H groups in total. The lowest BCUT2D eigenvalue weighted by atomic mass is 10.2. The maximum atomic E-state index is 12.0. The molecule has 1 fully saturated rings. The summed E-state index contributed by atoms with van der Waals surface area (Å²) in [4.78, 5) is 16.2. The van der Waals surface area contributed by atoms with Gasteiger partial charge in [-0.15, -0.1) is 0 Å². The van der Waals surface area contributed by atoms with Crippen LogP contribution in [0.1, 0.15) is 32.6 Å². The number of aromatic nitrogens is 1. The van der Waals surface area contributed by atoms with Crippen molar-refractivity contribution in [2.75, 3.05) is 0 Å². The number of rotatable bonds is 4. The van der Waals surface area contributed by atoms with E-state index in [-0.39, 0.29) is 11.2 Å². The fourth-order valence-electron chi connectivity index (χ4n) is 2.07. The number of nitrogens with zero attached hydrogens (tertiary/aromatic N) is 1. The normalized spacial score (nSPS) is 17.7. The molecule has 1 atom stereocenters.